The largest absolute Gasteiger partial charge is 0.478 e. The molecule has 1 fully saturated rings. The van der Waals surface area contributed by atoms with Crippen molar-refractivity contribution in [1.29, 1.82) is 0 Å². The molecule has 6 nitrogen and oxygen atoms in total. The second kappa shape index (κ2) is 6.24. The summed E-state index contributed by atoms with van der Waals surface area (Å²) in [6.45, 7) is 1.22. The van der Waals surface area contributed by atoms with E-state index in [9.17, 15) is 14.7 Å². The Morgan fingerprint density at radius 3 is 2.24 bits per heavy atom. The lowest BCUT2D eigenvalue weighted by atomic mass is 9.93. The van der Waals surface area contributed by atoms with Crippen LogP contribution in [-0.4, -0.2) is 59.4 Å². The molecule has 0 aliphatic carbocycles. The average molecular weight is 293 g/mol. The number of amides is 1. The number of aromatic carboxylic acids is 1. The van der Waals surface area contributed by atoms with Gasteiger partial charge in [0.15, 0.2) is 0 Å². The average Bonchev–Trinajstić information content (AvgIpc) is 2.46. The summed E-state index contributed by atoms with van der Waals surface area (Å²) in [7, 11) is 1.63. The van der Waals surface area contributed by atoms with Crippen LogP contribution in [0.4, 0.5) is 0 Å². The molecule has 2 N–H and O–H groups in total. The van der Waals surface area contributed by atoms with Crippen molar-refractivity contribution in [2.75, 3.05) is 26.8 Å². The highest BCUT2D eigenvalue weighted by atomic mass is 16.5. The van der Waals surface area contributed by atoms with Crippen LogP contribution in [0.1, 0.15) is 33.6 Å². The fourth-order valence-corrected chi connectivity index (χ4v) is 2.40. The number of rotatable bonds is 4. The number of likely N-dealkylation sites (N-methyl/N-ethyl adjacent to an activating group) is 1. The molecule has 0 unspecified atom stereocenters. The number of carboxylic acid groups (broad SMARTS) is 1. The van der Waals surface area contributed by atoms with Crippen LogP contribution in [0.3, 0.4) is 0 Å². The molecular weight excluding hydrogens is 274 g/mol. The molecule has 0 bridgehead atoms. The van der Waals surface area contributed by atoms with Gasteiger partial charge in [0.2, 0.25) is 0 Å². The summed E-state index contributed by atoms with van der Waals surface area (Å²) in [6, 6.07) is 5.76. The van der Waals surface area contributed by atoms with Gasteiger partial charge in [0, 0.05) is 45.2 Å². The van der Waals surface area contributed by atoms with E-state index in [0.29, 0.717) is 31.6 Å². The van der Waals surface area contributed by atoms with Gasteiger partial charge >= 0.3 is 5.97 Å². The van der Waals surface area contributed by atoms with Crippen LogP contribution in [0.25, 0.3) is 0 Å². The lowest BCUT2D eigenvalue weighted by molar-refractivity contribution is -0.0734. The van der Waals surface area contributed by atoms with E-state index in [-0.39, 0.29) is 18.0 Å². The molecule has 0 aromatic heterocycles. The van der Waals surface area contributed by atoms with Crippen molar-refractivity contribution in [1.82, 2.24) is 4.90 Å². The minimum absolute atomic E-state index is 0.136. The van der Waals surface area contributed by atoms with Gasteiger partial charge in [-0.15, -0.1) is 0 Å². The SMILES string of the molecule is CN(CC1(O)CCOCC1)C(=O)c1ccc(C(=O)O)cc1. The van der Waals surface area contributed by atoms with E-state index in [2.05, 4.69) is 0 Å². The predicted octanol–water partition coefficient (Wildman–Crippen LogP) is 0.998. The molecule has 114 valence electrons. The van der Waals surface area contributed by atoms with Gasteiger partial charge in [0.1, 0.15) is 0 Å². The zero-order valence-electron chi connectivity index (χ0n) is 11.9. The molecule has 1 aromatic carbocycles. The quantitative estimate of drug-likeness (QED) is 0.864. The Bertz CT molecular complexity index is 519. The maximum absolute atomic E-state index is 12.3. The highest BCUT2D eigenvalue weighted by Crippen LogP contribution is 2.22. The maximum Gasteiger partial charge on any atom is 0.335 e. The highest BCUT2D eigenvalue weighted by molar-refractivity contribution is 5.95. The van der Waals surface area contributed by atoms with Crippen molar-refractivity contribution in [3.63, 3.8) is 0 Å². The van der Waals surface area contributed by atoms with Crippen LogP contribution in [0.15, 0.2) is 24.3 Å². The first kappa shape index (κ1) is 15.5. The van der Waals surface area contributed by atoms with E-state index in [0.717, 1.165) is 0 Å². The molecule has 1 aromatic rings. The first-order chi connectivity index (χ1) is 9.91. The number of ether oxygens (including phenoxy) is 1. The van der Waals surface area contributed by atoms with Crippen LogP contribution in [-0.2, 0) is 4.74 Å². The Hall–Kier alpha value is -1.92. The van der Waals surface area contributed by atoms with Gasteiger partial charge < -0.3 is 19.8 Å². The van der Waals surface area contributed by atoms with Crippen LogP contribution < -0.4 is 0 Å². The van der Waals surface area contributed by atoms with Gasteiger partial charge in [0.25, 0.3) is 5.91 Å². The van der Waals surface area contributed by atoms with Crippen molar-refractivity contribution >= 4 is 11.9 Å². The molecule has 0 atom stereocenters. The molecule has 6 heteroatoms. The van der Waals surface area contributed by atoms with Gasteiger partial charge in [-0.05, 0) is 24.3 Å². The Morgan fingerprint density at radius 1 is 1.19 bits per heavy atom. The summed E-state index contributed by atoms with van der Waals surface area (Å²) in [4.78, 5) is 24.5. The van der Waals surface area contributed by atoms with Crippen LogP contribution in [0, 0.1) is 0 Å². The molecule has 1 aliphatic rings. The Kier molecular flexibility index (Phi) is 4.59. The van der Waals surface area contributed by atoms with Crippen molar-refractivity contribution < 1.29 is 24.5 Å². The minimum Gasteiger partial charge on any atom is -0.478 e. The summed E-state index contributed by atoms with van der Waals surface area (Å²) in [6.07, 6.45) is 1.01. The third kappa shape index (κ3) is 3.80. The standard InChI is InChI=1S/C15H19NO5/c1-16(10-15(20)6-8-21-9-7-15)13(17)11-2-4-12(5-3-11)14(18)19/h2-5,20H,6-10H2,1H3,(H,18,19). The summed E-state index contributed by atoms with van der Waals surface area (Å²) in [5.41, 5.74) is -0.376. The van der Waals surface area contributed by atoms with Crippen LogP contribution in [0.2, 0.25) is 0 Å². The summed E-state index contributed by atoms with van der Waals surface area (Å²) in [5, 5.41) is 19.2. The van der Waals surface area contributed by atoms with Gasteiger partial charge in [-0.25, -0.2) is 4.79 Å². The van der Waals surface area contributed by atoms with E-state index in [4.69, 9.17) is 9.84 Å². The summed E-state index contributed by atoms with van der Waals surface area (Å²) < 4.78 is 5.21. The first-order valence-electron chi connectivity index (χ1n) is 6.80. The second-order valence-corrected chi connectivity index (χ2v) is 5.38. The molecule has 21 heavy (non-hydrogen) atoms. The molecule has 1 aliphatic heterocycles. The molecule has 1 saturated heterocycles. The smallest absolute Gasteiger partial charge is 0.335 e. The van der Waals surface area contributed by atoms with Crippen LogP contribution >= 0.6 is 0 Å². The molecule has 2 rings (SSSR count). The van der Waals surface area contributed by atoms with E-state index in [1.807, 2.05) is 0 Å². The van der Waals surface area contributed by atoms with Gasteiger partial charge in [0.05, 0.1) is 11.2 Å². The third-order valence-corrected chi connectivity index (χ3v) is 3.68. The number of carboxylic acids is 1. The van der Waals surface area contributed by atoms with Gasteiger partial charge in [-0.2, -0.15) is 0 Å². The monoisotopic (exact) mass is 293 g/mol. The number of benzene rings is 1. The second-order valence-electron chi connectivity index (χ2n) is 5.38. The lowest BCUT2D eigenvalue weighted by Gasteiger charge is -2.35. The zero-order chi connectivity index (χ0) is 15.5. The molecule has 1 heterocycles. The summed E-state index contributed by atoms with van der Waals surface area (Å²) in [5.74, 6) is -1.27. The topological polar surface area (TPSA) is 87.1 Å². The number of nitrogens with zero attached hydrogens (tertiary/aromatic N) is 1. The molecule has 0 radical (unpaired) electrons. The number of carbonyl (C=O) groups is 2. The third-order valence-electron chi connectivity index (χ3n) is 3.68. The predicted molar refractivity (Wildman–Crippen MR) is 75.4 cm³/mol. The molecular formula is C15H19NO5. The minimum atomic E-state index is -1.03. The zero-order valence-corrected chi connectivity index (χ0v) is 11.9. The van der Waals surface area contributed by atoms with E-state index in [1.165, 1.54) is 29.2 Å². The number of hydrogen-bond acceptors (Lipinski definition) is 4. The molecule has 1 amide bonds. The van der Waals surface area contributed by atoms with Crippen molar-refractivity contribution in [2.24, 2.45) is 0 Å². The summed E-state index contributed by atoms with van der Waals surface area (Å²) >= 11 is 0. The fourth-order valence-electron chi connectivity index (χ4n) is 2.40. The lowest BCUT2D eigenvalue weighted by Crippen LogP contribution is -2.47. The van der Waals surface area contributed by atoms with Crippen LogP contribution in [0.5, 0.6) is 0 Å². The van der Waals surface area contributed by atoms with Crippen molar-refractivity contribution in [2.45, 2.75) is 18.4 Å². The highest BCUT2D eigenvalue weighted by Gasteiger charge is 2.32. The van der Waals surface area contributed by atoms with Crippen molar-refractivity contribution in [3.8, 4) is 0 Å². The Balaban J connectivity index is 2.03. The Labute approximate surface area is 122 Å². The number of carbonyl (C=O) groups excluding carboxylic acids is 1. The molecule has 0 saturated carbocycles. The first-order valence-corrected chi connectivity index (χ1v) is 6.80. The number of aliphatic hydroxyl groups is 1. The molecule has 0 spiro atoms. The van der Waals surface area contributed by atoms with Gasteiger partial charge in [-0.1, -0.05) is 0 Å². The van der Waals surface area contributed by atoms with Crippen molar-refractivity contribution in [3.05, 3.63) is 35.4 Å². The van der Waals surface area contributed by atoms with E-state index < -0.39 is 11.6 Å². The number of hydrogen-bond donors (Lipinski definition) is 2. The maximum atomic E-state index is 12.3. The van der Waals surface area contributed by atoms with E-state index >= 15 is 0 Å². The normalized spacial score (nSPS) is 17.2. The van der Waals surface area contributed by atoms with Gasteiger partial charge in [-0.3, -0.25) is 4.79 Å². The fraction of sp³-hybridized carbons (Fsp3) is 0.467. The van der Waals surface area contributed by atoms with E-state index in [1.54, 1.807) is 7.05 Å². The Morgan fingerprint density at radius 2 is 1.71 bits per heavy atom.